The minimum absolute atomic E-state index is 0.143. The number of hydrogen-bond acceptors (Lipinski definition) is 4. The van der Waals surface area contributed by atoms with Crippen LogP contribution in [0.1, 0.15) is 58.7 Å². The molecule has 122 valence electrons. The van der Waals surface area contributed by atoms with Gasteiger partial charge in [-0.05, 0) is 31.2 Å². The Labute approximate surface area is 140 Å². The number of hydrogen-bond donors (Lipinski definition) is 0. The van der Waals surface area contributed by atoms with Gasteiger partial charge in [0, 0.05) is 19.0 Å². The molecule has 0 N–H and O–H groups in total. The van der Waals surface area contributed by atoms with Gasteiger partial charge >= 0.3 is 0 Å². The van der Waals surface area contributed by atoms with E-state index in [4.69, 9.17) is 0 Å². The second-order valence-corrected chi connectivity index (χ2v) is 6.55. The Morgan fingerprint density at radius 1 is 1.29 bits per heavy atom. The van der Waals surface area contributed by atoms with E-state index in [1.165, 1.54) is 11.1 Å². The number of fused-ring (bicyclic) bond motifs is 3. The summed E-state index contributed by atoms with van der Waals surface area (Å²) in [4.78, 5) is 21.4. The lowest BCUT2D eigenvalue weighted by atomic mass is 9.82. The number of Topliss-reactive ketones (excluding diaryl/α,β-unsaturated/α-hetero) is 1. The molecule has 2 aromatic heterocycles. The molecular formula is C19H20N4O. The van der Waals surface area contributed by atoms with E-state index in [1.807, 2.05) is 0 Å². The van der Waals surface area contributed by atoms with Crippen molar-refractivity contribution in [2.24, 2.45) is 0 Å². The highest BCUT2D eigenvalue weighted by atomic mass is 16.1. The lowest BCUT2D eigenvalue weighted by molar-refractivity contribution is 0.0962. The summed E-state index contributed by atoms with van der Waals surface area (Å²) in [6.45, 7) is 4.19. The van der Waals surface area contributed by atoms with E-state index in [9.17, 15) is 4.79 Å². The van der Waals surface area contributed by atoms with Gasteiger partial charge < -0.3 is 0 Å². The van der Waals surface area contributed by atoms with Gasteiger partial charge in [-0.25, -0.2) is 9.50 Å². The van der Waals surface area contributed by atoms with Gasteiger partial charge in [-0.15, -0.1) is 5.10 Å². The molecule has 5 heteroatoms. The third kappa shape index (κ3) is 2.50. The van der Waals surface area contributed by atoms with Crippen molar-refractivity contribution >= 4 is 11.6 Å². The zero-order valence-electron chi connectivity index (χ0n) is 14.0. The van der Waals surface area contributed by atoms with Crippen LogP contribution in [0.15, 0.2) is 30.5 Å². The molecule has 0 saturated carbocycles. The van der Waals surface area contributed by atoms with Gasteiger partial charge in [0.2, 0.25) is 0 Å². The van der Waals surface area contributed by atoms with Gasteiger partial charge in [0.1, 0.15) is 0 Å². The minimum atomic E-state index is 0.143. The van der Waals surface area contributed by atoms with Crippen LogP contribution in [0.2, 0.25) is 0 Å². The van der Waals surface area contributed by atoms with Gasteiger partial charge in [0.25, 0.3) is 5.78 Å². The Hall–Kier alpha value is -2.56. The van der Waals surface area contributed by atoms with Crippen LogP contribution < -0.4 is 0 Å². The first kappa shape index (κ1) is 15.0. The number of ketones is 1. The molecule has 0 amide bonds. The number of aryl methyl sites for hydroxylation is 2. The van der Waals surface area contributed by atoms with Gasteiger partial charge in [-0.2, -0.15) is 4.98 Å². The predicted molar refractivity (Wildman–Crippen MR) is 91.3 cm³/mol. The van der Waals surface area contributed by atoms with Gasteiger partial charge in [-0.1, -0.05) is 36.8 Å². The summed E-state index contributed by atoms with van der Waals surface area (Å²) >= 11 is 0. The van der Waals surface area contributed by atoms with Crippen LogP contribution >= 0.6 is 0 Å². The molecular weight excluding hydrogens is 300 g/mol. The van der Waals surface area contributed by atoms with Crippen molar-refractivity contribution < 1.29 is 4.79 Å². The second kappa shape index (κ2) is 5.82. The molecule has 2 heterocycles. The van der Waals surface area contributed by atoms with Crippen LogP contribution in [-0.2, 0) is 12.8 Å². The topological polar surface area (TPSA) is 60.1 Å². The van der Waals surface area contributed by atoms with Gasteiger partial charge in [0.05, 0.1) is 11.3 Å². The molecule has 1 atom stereocenters. The Morgan fingerprint density at radius 2 is 2.17 bits per heavy atom. The maximum absolute atomic E-state index is 12.6. The fourth-order valence-electron chi connectivity index (χ4n) is 3.48. The molecule has 0 aliphatic heterocycles. The van der Waals surface area contributed by atoms with E-state index in [2.05, 4.69) is 53.2 Å². The summed E-state index contributed by atoms with van der Waals surface area (Å²) in [6.07, 6.45) is 4.81. The van der Waals surface area contributed by atoms with Gasteiger partial charge in [0.15, 0.2) is 11.6 Å². The zero-order valence-corrected chi connectivity index (χ0v) is 14.0. The summed E-state index contributed by atoms with van der Waals surface area (Å²) in [5.41, 5.74) is 4.07. The predicted octanol–water partition coefficient (Wildman–Crippen LogP) is 3.30. The smallest absolute Gasteiger partial charge is 0.252 e. The normalized spacial score (nSPS) is 17.2. The molecule has 1 aliphatic rings. The SMILES string of the molecule is CCCc1nc2ncc3c(n2n1)CC(c1cccc(C)c1)CC3=O. The lowest BCUT2D eigenvalue weighted by Crippen LogP contribution is -2.22. The van der Waals surface area contributed by atoms with Crippen molar-refractivity contribution in [1.82, 2.24) is 19.6 Å². The van der Waals surface area contributed by atoms with E-state index in [1.54, 1.807) is 10.7 Å². The maximum Gasteiger partial charge on any atom is 0.252 e. The van der Waals surface area contributed by atoms with Gasteiger partial charge in [-0.3, -0.25) is 4.79 Å². The Balaban J connectivity index is 1.79. The summed E-state index contributed by atoms with van der Waals surface area (Å²) in [7, 11) is 0. The van der Waals surface area contributed by atoms with Crippen LogP contribution in [0.5, 0.6) is 0 Å². The highest BCUT2D eigenvalue weighted by molar-refractivity contribution is 5.98. The van der Waals surface area contributed by atoms with Crippen molar-refractivity contribution in [1.29, 1.82) is 0 Å². The van der Waals surface area contributed by atoms with Crippen molar-refractivity contribution in [3.63, 3.8) is 0 Å². The molecule has 1 unspecified atom stereocenters. The molecule has 1 aliphatic carbocycles. The first-order valence-electron chi connectivity index (χ1n) is 8.49. The Bertz CT molecular complexity index is 928. The molecule has 0 bridgehead atoms. The fraction of sp³-hybridized carbons (Fsp3) is 0.368. The van der Waals surface area contributed by atoms with E-state index in [-0.39, 0.29) is 11.7 Å². The van der Waals surface area contributed by atoms with Crippen molar-refractivity contribution in [2.75, 3.05) is 0 Å². The third-order valence-electron chi connectivity index (χ3n) is 4.67. The molecule has 5 nitrogen and oxygen atoms in total. The number of benzene rings is 1. The molecule has 0 spiro atoms. The van der Waals surface area contributed by atoms with Crippen molar-refractivity contribution in [3.8, 4) is 0 Å². The van der Waals surface area contributed by atoms with E-state index < -0.39 is 0 Å². The van der Waals surface area contributed by atoms with Crippen molar-refractivity contribution in [3.05, 3.63) is 58.7 Å². The molecule has 3 aromatic rings. The minimum Gasteiger partial charge on any atom is -0.294 e. The molecule has 4 rings (SSSR count). The fourth-order valence-corrected chi connectivity index (χ4v) is 3.48. The van der Waals surface area contributed by atoms with Crippen LogP contribution in [0.25, 0.3) is 5.78 Å². The first-order chi connectivity index (χ1) is 11.7. The highest BCUT2D eigenvalue weighted by Gasteiger charge is 2.29. The van der Waals surface area contributed by atoms with Crippen LogP contribution in [0, 0.1) is 6.92 Å². The maximum atomic E-state index is 12.6. The number of aromatic nitrogens is 4. The average molecular weight is 320 g/mol. The van der Waals surface area contributed by atoms with E-state index >= 15 is 0 Å². The largest absolute Gasteiger partial charge is 0.294 e. The highest BCUT2D eigenvalue weighted by Crippen LogP contribution is 2.32. The summed E-state index contributed by atoms with van der Waals surface area (Å²) in [5.74, 6) is 1.72. The quantitative estimate of drug-likeness (QED) is 0.743. The second-order valence-electron chi connectivity index (χ2n) is 6.55. The van der Waals surface area contributed by atoms with E-state index in [0.717, 1.165) is 30.8 Å². The molecule has 0 radical (unpaired) electrons. The molecule has 1 aromatic carbocycles. The number of carbonyl (C=O) groups is 1. The summed E-state index contributed by atoms with van der Waals surface area (Å²) in [5, 5.41) is 4.59. The molecule has 0 fully saturated rings. The third-order valence-corrected chi connectivity index (χ3v) is 4.67. The first-order valence-corrected chi connectivity index (χ1v) is 8.49. The Kier molecular flexibility index (Phi) is 3.63. The average Bonchev–Trinajstić information content (AvgIpc) is 2.98. The summed E-state index contributed by atoms with van der Waals surface area (Å²) < 4.78 is 1.78. The zero-order chi connectivity index (χ0) is 16.7. The van der Waals surface area contributed by atoms with Crippen LogP contribution in [0.4, 0.5) is 0 Å². The number of rotatable bonds is 3. The van der Waals surface area contributed by atoms with Crippen LogP contribution in [-0.4, -0.2) is 25.4 Å². The van der Waals surface area contributed by atoms with Crippen molar-refractivity contribution in [2.45, 2.75) is 45.4 Å². The van der Waals surface area contributed by atoms with Crippen LogP contribution in [0.3, 0.4) is 0 Å². The number of carbonyl (C=O) groups excluding carboxylic acids is 1. The monoisotopic (exact) mass is 320 g/mol. The lowest BCUT2D eigenvalue weighted by Gasteiger charge is -2.24. The van der Waals surface area contributed by atoms with E-state index in [0.29, 0.717) is 17.8 Å². The molecule has 24 heavy (non-hydrogen) atoms. The standard InChI is InChI=1S/C19H20N4O/c1-3-5-18-21-19-20-11-15-16(23(19)22-18)9-14(10-17(15)24)13-7-4-6-12(2)8-13/h4,6-8,11,14H,3,5,9-10H2,1-2H3. The Morgan fingerprint density at radius 3 is 2.96 bits per heavy atom. The number of nitrogens with zero attached hydrogens (tertiary/aromatic N) is 4. The summed E-state index contributed by atoms with van der Waals surface area (Å²) in [6, 6.07) is 8.42. The molecule has 0 saturated heterocycles.